The molecule has 1 amide bonds. The molecule has 1 aliphatic rings. The van der Waals surface area contributed by atoms with Crippen LogP contribution in [0.1, 0.15) is 23.2 Å². The largest absolute Gasteiger partial charge is 0.383 e. The van der Waals surface area contributed by atoms with E-state index in [1.807, 2.05) is 0 Å². The Hall–Kier alpha value is -2.26. The van der Waals surface area contributed by atoms with Crippen LogP contribution in [-0.4, -0.2) is 48.2 Å². The highest BCUT2D eigenvalue weighted by atomic mass is 16.6. The van der Waals surface area contributed by atoms with Crippen LogP contribution >= 0.6 is 0 Å². The lowest BCUT2D eigenvalue weighted by Gasteiger charge is -2.29. The molecule has 1 atom stereocenters. The van der Waals surface area contributed by atoms with Gasteiger partial charge in [0.2, 0.25) is 0 Å². The maximum absolute atomic E-state index is 11.5. The lowest BCUT2D eigenvalue weighted by molar-refractivity contribution is -0.385. The average Bonchev–Trinajstić information content (AvgIpc) is 2.94. The van der Waals surface area contributed by atoms with Crippen molar-refractivity contribution < 1.29 is 14.5 Å². The zero-order chi connectivity index (χ0) is 16.2. The molecule has 1 saturated heterocycles. The quantitative estimate of drug-likeness (QED) is 0.486. The molecule has 0 bridgehead atoms. The van der Waals surface area contributed by atoms with Crippen molar-refractivity contribution in [2.24, 2.45) is 5.73 Å². The number of nitro groups is 1. The van der Waals surface area contributed by atoms with Crippen LogP contribution in [0.2, 0.25) is 0 Å². The summed E-state index contributed by atoms with van der Waals surface area (Å²) in [6, 6.07) is 1.13. The summed E-state index contributed by atoms with van der Waals surface area (Å²) in [6.45, 7) is 1.88. The summed E-state index contributed by atoms with van der Waals surface area (Å²) in [4.78, 5) is 25.6. The smallest absolute Gasteiger partial charge is 0.288 e. The molecule has 1 fully saturated rings. The van der Waals surface area contributed by atoms with Gasteiger partial charge in [-0.1, -0.05) is 0 Å². The molecule has 120 valence electrons. The van der Waals surface area contributed by atoms with Crippen molar-refractivity contribution in [1.82, 2.24) is 10.3 Å². The summed E-state index contributed by atoms with van der Waals surface area (Å²) < 4.78 is 5.24. The third-order valence-corrected chi connectivity index (χ3v) is 3.70. The maximum Gasteiger partial charge on any atom is 0.288 e. The van der Waals surface area contributed by atoms with Gasteiger partial charge in [-0.25, -0.2) is 4.98 Å². The SMILES string of the molecule is COCC1(CNc2ncc([N+](=O)[O-])cc2C(N)=O)CCCN1. The third-order valence-electron chi connectivity index (χ3n) is 3.70. The molecule has 2 heterocycles. The first kappa shape index (κ1) is 16.1. The van der Waals surface area contributed by atoms with Gasteiger partial charge in [-0.05, 0) is 19.4 Å². The first-order valence-corrected chi connectivity index (χ1v) is 6.89. The van der Waals surface area contributed by atoms with Crippen molar-refractivity contribution in [3.8, 4) is 0 Å². The van der Waals surface area contributed by atoms with E-state index in [9.17, 15) is 14.9 Å². The second-order valence-corrected chi connectivity index (χ2v) is 5.31. The second kappa shape index (κ2) is 6.67. The van der Waals surface area contributed by atoms with E-state index in [1.165, 1.54) is 0 Å². The fourth-order valence-electron chi connectivity index (χ4n) is 2.61. The number of rotatable bonds is 7. The predicted octanol–water partition coefficient (Wildman–Crippen LogP) is 0.269. The molecule has 1 aromatic rings. The number of nitrogens with one attached hydrogen (secondary N) is 2. The van der Waals surface area contributed by atoms with E-state index >= 15 is 0 Å². The van der Waals surface area contributed by atoms with Crippen LogP contribution in [-0.2, 0) is 4.74 Å². The third kappa shape index (κ3) is 3.49. The first-order chi connectivity index (χ1) is 10.5. The van der Waals surface area contributed by atoms with Crippen molar-refractivity contribution in [3.05, 3.63) is 27.9 Å². The number of primary amides is 1. The first-order valence-electron chi connectivity index (χ1n) is 6.89. The van der Waals surface area contributed by atoms with Gasteiger partial charge in [0.1, 0.15) is 12.0 Å². The number of methoxy groups -OCH3 is 1. The summed E-state index contributed by atoms with van der Waals surface area (Å²) >= 11 is 0. The molecular weight excluding hydrogens is 290 g/mol. The summed E-state index contributed by atoms with van der Waals surface area (Å²) in [5.74, 6) is -0.527. The minimum atomic E-state index is -0.765. The molecule has 9 nitrogen and oxygen atoms in total. The van der Waals surface area contributed by atoms with Crippen molar-refractivity contribution >= 4 is 17.4 Å². The molecule has 1 aromatic heterocycles. The van der Waals surface area contributed by atoms with Crippen LogP contribution in [0.15, 0.2) is 12.3 Å². The van der Waals surface area contributed by atoms with Gasteiger partial charge in [0, 0.05) is 19.7 Å². The zero-order valence-corrected chi connectivity index (χ0v) is 12.3. The highest BCUT2D eigenvalue weighted by Crippen LogP contribution is 2.23. The van der Waals surface area contributed by atoms with E-state index < -0.39 is 10.8 Å². The molecule has 4 N–H and O–H groups in total. The van der Waals surface area contributed by atoms with E-state index in [0.29, 0.717) is 13.2 Å². The van der Waals surface area contributed by atoms with Crippen LogP contribution in [0.5, 0.6) is 0 Å². The minimum Gasteiger partial charge on any atom is -0.383 e. The Bertz CT molecular complexity index is 572. The van der Waals surface area contributed by atoms with Crippen LogP contribution < -0.4 is 16.4 Å². The number of pyridine rings is 1. The lowest BCUT2D eigenvalue weighted by atomic mass is 9.98. The van der Waals surface area contributed by atoms with Gasteiger partial charge in [-0.15, -0.1) is 0 Å². The molecule has 1 unspecified atom stereocenters. The topological polar surface area (TPSA) is 132 Å². The molecule has 1 aliphatic heterocycles. The average molecular weight is 309 g/mol. The maximum atomic E-state index is 11.5. The lowest BCUT2D eigenvalue weighted by Crippen LogP contribution is -2.50. The summed E-state index contributed by atoms with van der Waals surface area (Å²) in [7, 11) is 1.63. The van der Waals surface area contributed by atoms with E-state index in [0.717, 1.165) is 31.6 Å². The standard InChI is InChI=1S/C13H19N5O4/c1-22-8-13(3-2-4-17-13)7-16-12-10(11(14)19)5-9(6-15-12)18(20)21/h5-6,17H,2-4,7-8H2,1H3,(H2,14,19)(H,15,16). The molecule has 0 spiro atoms. The molecule has 0 aliphatic carbocycles. The number of anilines is 1. The number of nitrogens with zero attached hydrogens (tertiary/aromatic N) is 2. The number of nitrogens with two attached hydrogens (primary N) is 1. The minimum absolute atomic E-state index is 0.000219. The Kier molecular flexibility index (Phi) is 4.88. The number of carbonyl (C=O) groups is 1. The van der Waals surface area contributed by atoms with Crippen molar-refractivity contribution in [2.45, 2.75) is 18.4 Å². The Labute approximate surface area is 127 Å². The predicted molar refractivity (Wildman–Crippen MR) is 79.7 cm³/mol. The van der Waals surface area contributed by atoms with E-state index in [4.69, 9.17) is 10.5 Å². The molecular formula is C13H19N5O4. The molecule has 22 heavy (non-hydrogen) atoms. The fraction of sp³-hybridized carbons (Fsp3) is 0.538. The summed E-state index contributed by atoms with van der Waals surface area (Å²) in [6.07, 6.45) is 3.05. The fourth-order valence-corrected chi connectivity index (χ4v) is 2.61. The van der Waals surface area contributed by atoms with Crippen molar-refractivity contribution in [2.75, 3.05) is 32.1 Å². The van der Waals surface area contributed by atoms with E-state index in [1.54, 1.807) is 7.11 Å². The van der Waals surface area contributed by atoms with Gasteiger partial charge in [0.05, 0.1) is 22.6 Å². The van der Waals surface area contributed by atoms with Crippen LogP contribution in [0.25, 0.3) is 0 Å². The highest BCUT2D eigenvalue weighted by Gasteiger charge is 2.33. The normalized spacial score (nSPS) is 20.8. The Morgan fingerprint density at radius 2 is 2.45 bits per heavy atom. The van der Waals surface area contributed by atoms with Crippen molar-refractivity contribution in [1.29, 1.82) is 0 Å². The second-order valence-electron chi connectivity index (χ2n) is 5.31. The summed E-state index contributed by atoms with van der Waals surface area (Å²) in [5, 5.41) is 17.2. The molecule has 0 radical (unpaired) electrons. The number of carbonyl (C=O) groups excluding carboxylic acids is 1. The van der Waals surface area contributed by atoms with Gasteiger partial charge in [-0.2, -0.15) is 0 Å². The van der Waals surface area contributed by atoms with Gasteiger partial charge >= 0.3 is 0 Å². The van der Waals surface area contributed by atoms with Crippen LogP contribution in [0.4, 0.5) is 11.5 Å². The monoisotopic (exact) mass is 309 g/mol. The van der Waals surface area contributed by atoms with E-state index in [2.05, 4.69) is 15.6 Å². The molecule has 0 aromatic carbocycles. The number of ether oxygens (including phenoxy) is 1. The van der Waals surface area contributed by atoms with Gasteiger partial charge < -0.3 is 21.1 Å². The molecule has 9 heteroatoms. The Morgan fingerprint density at radius 3 is 3.00 bits per heavy atom. The summed E-state index contributed by atoms with van der Waals surface area (Å²) in [5.41, 5.74) is 4.76. The Morgan fingerprint density at radius 1 is 1.68 bits per heavy atom. The Balaban J connectivity index is 2.18. The van der Waals surface area contributed by atoms with Gasteiger partial charge in [-0.3, -0.25) is 14.9 Å². The molecule has 0 saturated carbocycles. The zero-order valence-electron chi connectivity index (χ0n) is 12.3. The van der Waals surface area contributed by atoms with E-state index in [-0.39, 0.29) is 22.6 Å². The van der Waals surface area contributed by atoms with Gasteiger partial charge in [0.15, 0.2) is 0 Å². The molecule has 2 rings (SSSR count). The van der Waals surface area contributed by atoms with Gasteiger partial charge in [0.25, 0.3) is 11.6 Å². The number of hydrogen-bond donors (Lipinski definition) is 3. The number of amides is 1. The van der Waals surface area contributed by atoms with Crippen molar-refractivity contribution in [3.63, 3.8) is 0 Å². The van der Waals surface area contributed by atoms with Crippen LogP contribution in [0.3, 0.4) is 0 Å². The highest BCUT2D eigenvalue weighted by molar-refractivity contribution is 5.98. The number of aromatic nitrogens is 1. The van der Waals surface area contributed by atoms with Crippen LogP contribution in [0, 0.1) is 10.1 Å². The number of hydrogen-bond acceptors (Lipinski definition) is 7.